The molecule has 1 aliphatic rings. The molecule has 2 atom stereocenters. The highest BCUT2D eigenvalue weighted by Crippen LogP contribution is 2.33. The van der Waals surface area contributed by atoms with E-state index in [9.17, 15) is 9.59 Å². The Labute approximate surface area is 180 Å². The summed E-state index contributed by atoms with van der Waals surface area (Å²) < 4.78 is 0. The van der Waals surface area contributed by atoms with E-state index < -0.39 is 0 Å². The van der Waals surface area contributed by atoms with Gasteiger partial charge in [0.15, 0.2) is 0 Å². The first-order valence-electron chi connectivity index (χ1n) is 11.2. The Balaban J connectivity index is 1.65. The molecule has 4 nitrogen and oxygen atoms in total. The van der Waals surface area contributed by atoms with E-state index in [1.54, 1.807) is 0 Å². The number of para-hydroxylation sites is 2. The molecule has 2 aromatic carbocycles. The summed E-state index contributed by atoms with van der Waals surface area (Å²) in [6, 6.07) is 15.9. The van der Waals surface area contributed by atoms with Gasteiger partial charge in [0.05, 0.1) is 0 Å². The smallest absolute Gasteiger partial charge is 0.227 e. The van der Waals surface area contributed by atoms with Crippen molar-refractivity contribution < 1.29 is 9.59 Å². The Morgan fingerprint density at radius 3 is 1.53 bits per heavy atom. The van der Waals surface area contributed by atoms with Gasteiger partial charge in [-0.05, 0) is 54.4 Å². The molecule has 0 bridgehead atoms. The molecule has 0 aromatic heterocycles. The van der Waals surface area contributed by atoms with Crippen molar-refractivity contribution in [2.75, 3.05) is 10.6 Å². The quantitative estimate of drug-likeness (QED) is 0.590. The molecule has 2 unspecified atom stereocenters. The van der Waals surface area contributed by atoms with Crippen LogP contribution in [0.4, 0.5) is 11.4 Å². The Morgan fingerprint density at radius 2 is 1.13 bits per heavy atom. The SMILES string of the molecule is CC(C)c1ccccc1NC(=O)C1CCCC(C(=O)Nc2ccccc2C(C)C)C1. The van der Waals surface area contributed by atoms with Crippen molar-refractivity contribution in [1.82, 2.24) is 0 Å². The lowest BCUT2D eigenvalue weighted by molar-refractivity contribution is -0.124. The minimum atomic E-state index is -0.130. The summed E-state index contributed by atoms with van der Waals surface area (Å²) in [5.41, 5.74) is 4.05. The largest absolute Gasteiger partial charge is 0.326 e. The van der Waals surface area contributed by atoms with Crippen LogP contribution < -0.4 is 10.6 Å². The highest BCUT2D eigenvalue weighted by Gasteiger charge is 2.31. The van der Waals surface area contributed by atoms with E-state index in [0.29, 0.717) is 18.3 Å². The molecular formula is C26H34N2O2. The van der Waals surface area contributed by atoms with Crippen LogP contribution >= 0.6 is 0 Å². The zero-order valence-corrected chi connectivity index (χ0v) is 18.6. The van der Waals surface area contributed by atoms with E-state index in [1.807, 2.05) is 36.4 Å². The highest BCUT2D eigenvalue weighted by molar-refractivity contribution is 5.96. The first kappa shape index (κ1) is 22.1. The molecule has 160 valence electrons. The van der Waals surface area contributed by atoms with Gasteiger partial charge in [-0.3, -0.25) is 9.59 Å². The van der Waals surface area contributed by atoms with Crippen LogP contribution in [-0.2, 0) is 9.59 Å². The number of hydrogen-bond donors (Lipinski definition) is 2. The predicted molar refractivity (Wildman–Crippen MR) is 124 cm³/mol. The Kier molecular flexibility index (Phi) is 7.30. The van der Waals surface area contributed by atoms with Gasteiger partial charge in [0.2, 0.25) is 11.8 Å². The molecule has 1 aliphatic carbocycles. The predicted octanol–water partition coefficient (Wildman–Crippen LogP) is 6.32. The summed E-state index contributed by atoms with van der Waals surface area (Å²) in [7, 11) is 0. The van der Waals surface area contributed by atoms with Gasteiger partial charge in [-0.15, -0.1) is 0 Å². The number of carbonyl (C=O) groups is 2. The lowest BCUT2D eigenvalue weighted by Crippen LogP contribution is -2.33. The molecule has 2 N–H and O–H groups in total. The summed E-state index contributed by atoms with van der Waals surface area (Å²) in [4.78, 5) is 25.9. The maximum absolute atomic E-state index is 13.0. The molecule has 2 amide bonds. The topological polar surface area (TPSA) is 58.2 Å². The fourth-order valence-electron chi connectivity index (χ4n) is 4.36. The molecular weight excluding hydrogens is 372 g/mol. The summed E-state index contributed by atoms with van der Waals surface area (Å²) in [6.07, 6.45) is 3.17. The van der Waals surface area contributed by atoms with Gasteiger partial charge in [-0.25, -0.2) is 0 Å². The third kappa shape index (κ3) is 5.29. The second kappa shape index (κ2) is 9.92. The van der Waals surface area contributed by atoms with Gasteiger partial charge in [0.1, 0.15) is 0 Å². The van der Waals surface area contributed by atoms with Crippen LogP contribution in [0.2, 0.25) is 0 Å². The van der Waals surface area contributed by atoms with Crippen LogP contribution in [0.1, 0.15) is 76.3 Å². The fraction of sp³-hybridized carbons (Fsp3) is 0.462. The van der Waals surface area contributed by atoms with Gasteiger partial charge in [-0.1, -0.05) is 70.5 Å². The third-order valence-electron chi connectivity index (χ3n) is 6.10. The molecule has 0 radical (unpaired) electrons. The molecule has 0 saturated heterocycles. The molecule has 2 aromatic rings. The molecule has 4 heteroatoms. The number of hydrogen-bond acceptors (Lipinski definition) is 2. The average Bonchev–Trinajstić information content (AvgIpc) is 2.74. The molecule has 0 aliphatic heterocycles. The number of carbonyl (C=O) groups excluding carboxylic acids is 2. The first-order chi connectivity index (χ1) is 14.4. The Bertz CT molecular complexity index is 817. The van der Waals surface area contributed by atoms with Crippen molar-refractivity contribution in [3.63, 3.8) is 0 Å². The van der Waals surface area contributed by atoms with Crippen LogP contribution in [0, 0.1) is 11.8 Å². The molecule has 1 fully saturated rings. The summed E-state index contributed by atoms with van der Waals surface area (Å²) >= 11 is 0. The Hall–Kier alpha value is -2.62. The maximum Gasteiger partial charge on any atom is 0.227 e. The number of nitrogens with one attached hydrogen (secondary N) is 2. The van der Waals surface area contributed by atoms with E-state index in [1.165, 1.54) is 0 Å². The van der Waals surface area contributed by atoms with Crippen molar-refractivity contribution in [2.45, 2.75) is 65.2 Å². The van der Waals surface area contributed by atoms with Gasteiger partial charge >= 0.3 is 0 Å². The molecule has 1 saturated carbocycles. The summed E-state index contributed by atoms with van der Waals surface area (Å²) in [5, 5.41) is 6.25. The maximum atomic E-state index is 13.0. The van der Waals surface area contributed by atoms with Crippen LogP contribution in [0.25, 0.3) is 0 Å². The van der Waals surface area contributed by atoms with E-state index in [-0.39, 0.29) is 23.7 Å². The second-order valence-corrected chi connectivity index (χ2v) is 9.02. The first-order valence-corrected chi connectivity index (χ1v) is 11.2. The number of benzene rings is 2. The zero-order chi connectivity index (χ0) is 21.7. The van der Waals surface area contributed by atoms with Crippen molar-refractivity contribution in [3.8, 4) is 0 Å². The van der Waals surface area contributed by atoms with Crippen LogP contribution in [-0.4, -0.2) is 11.8 Å². The van der Waals surface area contributed by atoms with Crippen LogP contribution in [0.5, 0.6) is 0 Å². The van der Waals surface area contributed by atoms with Crippen molar-refractivity contribution >= 4 is 23.2 Å². The van der Waals surface area contributed by atoms with E-state index in [0.717, 1.165) is 41.8 Å². The summed E-state index contributed by atoms with van der Waals surface area (Å²) in [5.74, 6) is 0.483. The van der Waals surface area contributed by atoms with Crippen LogP contribution in [0.3, 0.4) is 0 Å². The minimum absolute atomic E-state index is 0.0307. The molecule has 3 rings (SSSR count). The van der Waals surface area contributed by atoms with Gasteiger partial charge in [0.25, 0.3) is 0 Å². The van der Waals surface area contributed by atoms with Crippen molar-refractivity contribution in [3.05, 3.63) is 59.7 Å². The molecule has 0 spiro atoms. The zero-order valence-electron chi connectivity index (χ0n) is 18.6. The van der Waals surface area contributed by atoms with Crippen molar-refractivity contribution in [2.24, 2.45) is 11.8 Å². The monoisotopic (exact) mass is 406 g/mol. The number of anilines is 2. The van der Waals surface area contributed by atoms with E-state index >= 15 is 0 Å². The minimum Gasteiger partial charge on any atom is -0.326 e. The molecule has 0 heterocycles. The Morgan fingerprint density at radius 1 is 0.733 bits per heavy atom. The highest BCUT2D eigenvalue weighted by atomic mass is 16.2. The van der Waals surface area contributed by atoms with Crippen molar-refractivity contribution in [1.29, 1.82) is 0 Å². The lowest BCUT2D eigenvalue weighted by Gasteiger charge is -2.28. The van der Waals surface area contributed by atoms with Gasteiger partial charge < -0.3 is 10.6 Å². The second-order valence-electron chi connectivity index (χ2n) is 9.02. The number of rotatable bonds is 6. The average molecular weight is 407 g/mol. The van der Waals surface area contributed by atoms with Gasteiger partial charge in [0, 0.05) is 23.2 Å². The normalized spacial score (nSPS) is 19.0. The van der Waals surface area contributed by atoms with Gasteiger partial charge in [-0.2, -0.15) is 0 Å². The molecule has 30 heavy (non-hydrogen) atoms. The standard InChI is InChI=1S/C26H34N2O2/c1-17(2)21-12-5-7-14-23(21)27-25(29)19-10-9-11-20(16-19)26(30)28-24-15-8-6-13-22(24)18(3)4/h5-8,12-15,17-20H,9-11,16H2,1-4H3,(H,27,29)(H,28,30). The van der Waals surface area contributed by atoms with E-state index in [4.69, 9.17) is 0 Å². The number of amides is 2. The fourth-order valence-corrected chi connectivity index (χ4v) is 4.36. The van der Waals surface area contributed by atoms with E-state index in [2.05, 4.69) is 50.5 Å². The van der Waals surface area contributed by atoms with Crippen LogP contribution in [0.15, 0.2) is 48.5 Å². The summed E-state index contributed by atoms with van der Waals surface area (Å²) in [6.45, 7) is 8.50. The third-order valence-corrected chi connectivity index (χ3v) is 6.10. The lowest BCUT2D eigenvalue weighted by atomic mass is 9.80.